The van der Waals surface area contributed by atoms with Crippen LogP contribution in [-0.2, 0) is 4.74 Å². The number of aromatic nitrogens is 2. The van der Waals surface area contributed by atoms with Crippen molar-refractivity contribution in [2.45, 2.75) is 38.7 Å². The molecule has 1 fully saturated rings. The summed E-state index contributed by atoms with van der Waals surface area (Å²) in [7, 11) is 0. The van der Waals surface area contributed by atoms with Crippen LogP contribution in [0.1, 0.15) is 26.5 Å². The minimum atomic E-state index is -0.790. The van der Waals surface area contributed by atoms with Gasteiger partial charge in [0.15, 0.2) is 5.82 Å². The van der Waals surface area contributed by atoms with Crippen molar-refractivity contribution >= 4 is 12.2 Å². The number of ether oxygens (including phenoxy) is 1. The lowest BCUT2D eigenvalue weighted by atomic mass is 10.2. The lowest BCUT2D eigenvalue weighted by Gasteiger charge is -2.14. The highest BCUT2D eigenvalue weighted by Gasteiger charge is 2.34. The van der Waals surface area contributed by atoms with Gasteiger partial charge in [-0.3, -0.25) is 4.57 Å². The Bertz CT molecular complexity index is 570. The van der Waals surface area contributed by atoms with E-state index in [-0.39, 0.29) is 13.0 Å². The Morgan fingerprint density at radius 2 is 2.27 bits per heavy atom. The molecule has 1 aromatic heterocycles. The van der Waals surface area contributed by atoms with Gasteiger partial charge in [0.1, 0.15) is 12.3 Å². The Kier molecular flexibility index (Phi) is 5.64. The largest absolute Gasteiger partial charge is 0.394 e. The van der Waals surface area contributed by atoms with E-state index in [9.17, 15) is 9.90 Å². The second-order valence-electron chi connectivity index (χ2n) is 5.06. The summed E-state index contributed by atoms with van der Waals surface area (Å²) in [5, 5.41) is 18.8. The fourth-order valence-corrected chi connectivity index (χ4v) is 2.27. The first-order chi connectivity index (χ1) is 10.6. The van der Waals surface area contributed by atoms with Gasteiger partial charge in [0.05, 0.1) is 19.0 Å². The molecule has 0 spiro atoms. The SMILES string of the molecule is CCN(C=Nc1ccn(C2CC(O)C(CO)O2)c(=O)n1)CC. The molecule has 2 N–H and O–H groups in total. The van der Waals surface area contributed by atoms with Gasteiger partial charge >= 0.3 is 5.69 Å². The van der Waals surface area contributed by atoms with Gasteiger partial charge in [0.2, 0.25) is 0 Å². The van der Waals surface area contributed by atoms with Crippen LogP contribution in [-0.4, -0.2) is 62.9 Å². The Labute approximate surface area is 128 Å². The van der Waals surface area contributed by atoms with Crippen molar-refractivity contribution in [1.29, 1.82) is 0 Å². The maximum Gasteiger partial charge on any atom is 0.351 e. The molecule has 0 bridgehead atoms. The van der Waals surface area contributed by atoms with Crippen LogP contribution in [0, 0.1) is 0 Å². The van der Waals surface area contributed by atoms with E-state index >= 15 is 0 Å². The van der Waals surface area contributed by atoms with Crippen LogP contribution in [0.2, 0.25) is 0 Å². The maximum absolute atomic E-state index is 12.1. The number of aliphatic hydroxyl groups is 2. The number of rotatable bonds is 6. The summed E-state index contributed by atoms with van der Waals surface area (Å²) in [5.41, 5.74) is -0.495. The molecule has 2 rings (SSSR count). The van der Waals surface area contributed by atoms with E-state index in [0.717, 1.165) is 13.1 Å². The molecule has 22 heavy (non-hydrogen) atoms. The van der Waals surface area contributed by atoms with E-state index in [0.29, 0.717) is 5.82 Å². The number of aliphatic hydroxyl groups excluding tert-OH is 2. The lowest BCUT2D eigenvalue weighted by molar-refractivity contribution is -0.0458. The fraction of sp³-hybridized carbons (Fsp3) is 0.643. The highest BCUT2D eigenvalue weighted by atomic mass is 16.5. The van der Waals surface area contributed by atoms with E-state index in [1.165, 1.54) is 4.57 Å². The highest BCUT2D eigenvalue weighted by Crippen LogP contribution is 2.27. The molecular formula is C14H22N4O4. The summed E-state index contributed by atoms with van der Waals surface area (Å²) >= 11 is 0. The Morgan fingerprint density at radius 1 is 1.55 bits per heavy atom. The quantitative estimate of drug-likeness (QED) is 0.561. The zero-order valence-electron chi connectivity index (χ0n) is 12.8. The fourth-order valence-electron chi connectivity index (χ4n) is 2.27. The van der Waals surface area contributed by atoms with Crippen LogP contribution < -0.4 is 5.69 Å². The molecule has 0 aliphatic carbocycles. The van der Waals surface area contributed by atoms with Gasteiger partial charge in [0.25, 0.3) is 0 Å². The molecule has 8 nitrogen and oxygen atoms in total. The highest BCUT2D eigenvalue weighted by molar-refractivity contribution is 5.59. The Hall–Kier alpha value is -1.77. The first kappa shape index (κ1) is 16.6. The van der Waals surface area contributed by atoms with Crippen LogP contribution in [0.5, 0.6) is 0 Å². The predicted octanol–water partition coefficient (Wildman–Crippen LogP) is -0.114. The Balaban J connectivity index is 2.12. The summed E-state index contributed by atoms with van der Waals surface area (Å²) < 4.78 is 6.74. The third-order valence-electron chi connectivity index (χ3n) is 3.68. The van der Waals surface area contributed by atoms with E-state index in [1.54, 1.807) is 18.6 Å². The summed E-state index contributed by atoms with van der Waals surface area (Å²) in [6.45, 7) is 5.40. The normalized spacial score (nSPS) is 25.0. The minimum absolute atomic E-state index is 0.245. The third-order valence-corrected chi connectivity index (χ3v) is 3.68. The first-order valence-corrected chi connectivity index (χ1v) is 7.40. The summed E-state index contributed by atoms with van der Waals surface area (Å²) in [6, 6.07) is 1.61. The molecule has 0 radical (unpaired) electrons. The smallest absolute Gasteiger partial charge is 0.351 e. The first-order valence-electron chi connectivity index (χ1n) is 7.40. The molecule has 0 saturated carbocycles. The van der Waals surface area contributed by atoms with E-state index in [4.69, 9.17) is 9.84 Å². The van der Waals surface area contributed by atoms with Gasteiger partial charge in [-0.15, -0.1) is 0 Å². The van der Waals surface area contributed by atoms with Crippen LogP contribution in [0.4, 0.5) is 5.82 Å². The molecule has 2 heterocycles. The monoisotopic (exact) mass is 310 g/mol. The predicted molar refractivity (Wildman–Crippen MR) is 81.2 cm³/mol. The minimum Gasteiger partial charge on any atom is -0.394 e. The van der Waals surface area contributed by atoms with Gasteiger partial charge in [-0.1, -0.05) is 0 Å². The standard InChI is InChI=1S/C14H22N4O4/c1-3-17(4-2)9-15-12-5-6-18(14(21)16-12)13-7-10(20)11(8-19)22-13/h5-6,9-11,13,19-20H,3-4,7-8H2,1-2H3. The second-order valence-corrected chi connectivity index (χ2v) is 5.06. The number of hydrogen-bond acceptors (Lipinski definition) is 6. The molecule has 3 unspecified atom stereocenters. The van der Waals surface area contributed by atoms with Crippen molar-refractivity contribution in [3.8, 4) is 0 Å². The van der Waals surface area contributed by atoms with Crippen molar-refractivity contribution in [3.05, 3.63) is 22.7 Å². The molecule has 122 valence electrons. The number of hydrogen-bond donors (Lipinski definition) is 2. The average molecular weight is 310 g/mol. The molecule has 0 aromatic carbocycles. The molecule has 3 atom stereocenters. The molecule has 0 amide bonds. The summed E-state index contributed by atoms with van der Waals surface area (Å²) in [5.74, 6) is 0.324. The van der Waals surface area contributed by atoms with Gasteiger partial charge in [-0.05, 0) is 19.9 Å². The van der Waals surface area contributed by atoms with Gasteiger partial charge in [-0.2, -0.15) is 4.98 Å². The number of aliphatic imine (C=N–C) groups is 1. The maximum atomic E-state index is 12.1. The van der Waals surface area contributed by atoms with Crippen LogP contribution in [0.3, 0.4) is 0 Å². The van der Waals surface area contributed by atoms with Crippen molar-refractivity contribution in [2.24, 2.45) is 4.99 Å². The third kappa shape index (κ3) is 3.70. The van der Waals surface area contributed by atoms with Crippen molar-refractivity contribution in [3.63, 3.8) is 0 Å². The Morgan fingerprint density at radius 3 is 2.82 bits per heavy atom. The molecule has 1 saturated heterocycles. The van der Waals surface area contributed by atoms with Crippen molar-refractivity contribution in [1.82, 2.24) is 14.5 Å². The van der Waals surface area contributed by atoms with Crippen molar-refractivity contribution < 1.29 is 14.9 Å². The van der Waals surface area contributed by atoms with Crippen molar-refractivity contribution in [2.75, 3.05) is 19.7 Å². The molecule has 1 aliphatic rings. The van der Waals surface area contributed by atoms with Crippen LogP contribution >= 0.6 is 0 Å². The number of nitrogens with zero attached hydrogens (tertiary/aromatic N) is 4. The van der Waals surface area contributed by atoms with Gasteiger partial charge in [-0.25, -0.2) is 9.79 Å². The van der Waals surface area contributed by atoms with Gasteiger partial charge < -0.3 is 19.8 Å². The molecule has 8 heteroatoms. The summed E-state index contributed by atoms with van der Waals surface area (Å²) in [6.07, 6.45) is 1.37. The zero-order valence-corrected chi connectivity index (χ0v) is 12.8. The zero-order chi connectivity index (χ0) is 16.1. The molecule has 1 aromatic rings. The van der Waals surface area contributed by atoms with E-state index in [1.807, 2.05) is 18.7 Å². The van der Waals surface area contributed by atoms with Gasteiger partial charge in [0, 0.05) is 25.7 Å². The molecule has 1 aliphatic heterocycles. The van der Waals surface area contributed by atoms with Crippen LogP contribution in [0.25, 0.3) is 0 Å². The second kappa shape index (κ2) is 7.48. The van der Waals surface area contributed by atoms with E-state index < -0.39 is 24.1 Å². The topological polar surface area (TPSA) is 100 Å². The lowest BCUT2D eigenvalue weighted by Crippen LogP contribution is -2.27. The average Bonchev–Trinajstić information content (AvgIpc) is 2.89. The summed E-state index contributed by atoms with van der Waals surface area (Å²) in [4.78, 5) is 22.1. The molecular weight excluding hydrogens is 288 g/mol. The van der Waals surface area contributed by atoms with E-state index in [2.05, 4.69) is 9.98 Å². The van der Waals surface area contributed by atoms with Crippen LogP contribution in [0.15, 0.2) is 22.1 Å².